The number of hydrogen-bond acceptors (Lipinski definition) is 9. The second-order valence-electron chi connectivity index (χ2n) is 1.60. The fraction of sp³-hybridized carbons (Fsp3) is 0. The number of rotatable bonds is 4. The first-order valence-electron chi connectivity index (χ1n) is 2.27. The summed E-state index contributed by atoms with van der Waals surface area (Å²) in [6.45, 7) is 0. The molecular formula is H2NO9P3-4. The molecule has 0 fully saturated rings. The second-order valence-corrected chi connectivity index (χ2v) is 5.77. The zero-order valence-electron chi connectivity index (χ0n) is 5.59. The Kier molecular flexibility index (Phi) is 4.00. The highest BCUT2D eigenvalue weighted by atomic mass is 31.3. The van der Waals surface area contributed by atoms with Crippen LogP contribution in [-0.4, -0.2) is 0 Å². The summed E-state index contributed by atoms with van der Waals surface area (Å²) in [4.78, 5) is 39.6. The Labute approximate surface area is 71.7 Å². The van der Waals surface area contributed by atoms with Crippen LogP contribution in [0, 0.1) is 0 Å². The Hall–Kier alpha value is 0.410. The summed E-state index contributed by atoms with van der Waals surface area (Å²) >= 11 is 0. The molecular weight excluding hydrogens is 251 g/mol. The summed E-state index contributed by atoms with van der Waals surface area (Å²) in [6, 6.07) is 0. The first-order chi connectivity index (χ1) is 5.41. The van der Waals surface area contributed by atoms with Gasteiger partial charge in [-0.3, -0.25) is 23.3 Å². The van der Waals surface area contributed by atoms with Crippen LogP contribution in [0.5, 0.6) is 0 Å². The lowest BCUT2D eigenvalue weighted by atomic mass is 13.9. The van der Waals surface area contributed by atoms with Crippen LogP contribution in [0.15, 0.2) is 0 Å². The Balaban J connectivity index is 4.54. The molecule has 2 N–H and O–H groups in total. The lowest BCUT2D eigenvalue weighted by Crippen LogP contribution is -2.21. The van der Waals surface area contributed by atoms with E-state index in [-0.39, 0.29) is 0 Å². The fourth-order valence-electron chi connectivity index (χ4n) is 0.277. The van der Waals surface area contributed by atoms with Gasteiger partial charge in [0.25, 0.3) is 7.82 Å². The van der Waals surface area contributed by atoms with Gasteiger partial charge in [-0.25, -0.2) is 0 Å². The van der Waals surface area contributed by atoms with Crippen LogP contribution in [0.4, 0.5) is 0 Å². The van der Waals surface area contributed by atoms with Crippen molar-refractivity contribution in [2.24, 2.45) is 5.50 Å². The molecule has 0 aliphatic carbocycles. The third-order valence-electron chi connectivity index (χ3n) is 0.414. The third kappa shape index (κ3) is 8.73. The summed E-state index contributed by atoms with van der Waals surface area (Å²) in [5.41, 5.74) is 4.07. The molecule has 2 unspecified atom stereocenters. The van der Waals surface area contributed by atoms with Gasteiger partial charge in [0.15, 0.2) is 0 Å². The predicted molar refractivity (Wildman–Crippen MR) is 29.2 cm³/mol. The molecule has 0 saturated heterocycles. The van der Waals surface area contributed by atoms with Gasteiger partial charge in [0.1, 0.15) is 0 Å². The fourth-order valence-corrected chi connectivity index (χ4v) is 2.76. The van der Waals surface area contributed by atoms with Gasteiger partial charge in [0, 0.05) is 0 Å². The van der Waals surface area contributed by atoms with Gasteiger partial charge in [-0.1, -0.05) is 0 Å². The number of nitrogens with two attached hydrogens (primary N) is 1. The van der Waals surface area contributed by atoms with Crippen molar-refractivity contribution in [1.29, 1.82) is 0 Å². The lowest BCUT2D eigenvalue weighted by molar-refractivity contribution is -0.339. The van der Waals surface area contributed by atoms with E-state index in [2.05, 4.69) is 14.1 Å². The molecule has 0 rings (SSSR count). The van der Waals surface area contributed by atoms with E-state index in [4.69, 9.17) is 0 Å². The van der Waals surface area contributed by atoms with Crippen LogP contribution in [0.1, 0.15) is 0 Å². The molecule has 0 radical (unpaired) electrons. The van der Waals surface area contributed by atoms with Crippen LogP contribution in [-0.2, 0) is 22.3 Å². The van der Waals surface area contributed by atoms with Crippen LogP contribution < -0.4 is 25.1 Å². The Morgan fingerprint density at radius 3 is 1.54 bits per heavy atom. The van der Waals surface area contributed by atoms with Crippen LogP contribution in [0.3, 0.4) is 0 Å². The Morgan fingerprint density at radius 2 is 1.31 bits per heavy atom. The first-order valence-corrected chi connectivity index (χ1v) is 6.80. The third-order valence-corrected chi connectivity index (χ3v) is 3.72. The minimum atomic E-state index is -5.89. The van der Waals surface area contributed by atoms with Crippen molar-refractivity contribution in [3.05, 3.63) is 0 Å². The molecule has 80 valence electrons. The van der Waals surface area contributed by atoms with E-state index in [1.54, 1.807) is 0 Å². The van der Waals surface area contributed by atoms with E-state index in [9.17, 15) is 33.3 Å². The van der Waals surface area contributed by atoms with Gasteiger partial charge in [0.2, 0.25) is 7.75 Å². The number of phosphoric acid groups is 2. The molecule has 0 heterocycles. The monoisotopic (exact) mass is 253 g/mol. The normalized spacial score (nSPS) is 21.9. The van der Waals surface area contributed by atoms with Gasteiger partial charge in [-0.05, 0) is 0 Å². The number of hydrogen-bond donors (Lipinski definition) is 1. The topological polar surface area (TPSA) is 188 Å². The van der Waals surface area contributed by atoms with Gasteiger partial charge in [-0.15, -0.1) is 0 Å². The molecule has 2 atom stereocenters. The van der Waals surface area contributed by atoms with E-state index in [0.717, 1.165) is 0 Å². The van der Waals surface area contributed by atoms with Crippen LogP contribution >= 0.6 is 23.4 Å². The average Bonchev–Trinajstić information content (AvgIpc) is 1.43. The Morgan fingerprint density at radius 1 is 0.923 bits per heavy atom. The maximum absolute atomic E-state index is 10.2. The lowest BCUT2D eigenvalue weighted by Gasteiger charge is -2.36. The smallest absolute Gasteiger partial charge is 0.277 e. The minimum absolute atomic E-state index is 2.77. The molecule has 0 aromatic rings. The maximum Gasteiger partial charge on any atom is 0.277 e. The van der Waals surface area contributed by atoms with E-state index in [1.807, 2.05) is 0 Å². The van der Waals surface area contributed by atoms with Crippen molar-refractivity contribution in [3.8, 4) is 0 Å². The molecule has 0 aliphatic rings. The van der Waals surface area contributed by atoms with Crippen LogP contribution in [0.2, 0.25) is 0 Å². The molecule has 0 aliphatic heterocycles. The standard InChI is InChI=1S/H6NO9P3/c1-11(2,3)9-13(7,8)10-12(4,5)6/h(H,7,8)(H3,1,2,3)(H2,4,5,6)/p-4. The molecule has 13 heavy (non-hydrogen) atoms. The highest BCUT2D eigenvalue weighted by molar-refractivity contribution is 7.65. The molecule has 0 amide bonds. The highest BCUT2D eigenvalue weighted by Crippen LogP contribution is 2.57. The van der Waals surface area contributed by atoms with Crippen molar-refractivity contribution in [1.82, 2.24) is 0 Å². The summed E-state index contributed by atoms with van der Waals surface area (Å²) in [5, 5.41) is 0. The second kappa shape index (κ2) is 3.88. The highest BCUT2D eigenvalue weighted by Gasteiger charge is 2.16. The van der Waals surface area contributed by atoms with Crippen molar-refractivity contribution in [3.63, 3.8) is 0 Å². The summed E-state index contributed by atoms with van der Waals surface area (Å²) < 4.78 is 35.6. The zero-order valence-corrected chi connectivity index (χ0v) is 8.28. The first kappa shape index (κ1) is 13.4. The molecule has 0 aromatic carbocycles. The van der Waals surface area contributed by atoms with E-state index >= 15 is 0 Å². The predicted octanol–water partition coefficient (Wildman–Crippen LogP) is -3.26. The van der Waals surface area contributed by atoms with E-state index < -0.39 is 23.4 Å². The van der Waals surface area contributed by atoms with E-state index in [1.165, 1.54) is 0 Å². The zero-order chi connectivity index (χ0) is 10.9. The van der Waals surface area contributed by atoms with Gasteiger partial charge < -0.3 is 24.1 Å². The summed E-state index contributed by atoms with van der Waals surface area (Å²) in [5.74, 6) is 0. The average molecular weight is 253 g/mol. The minimum Gasteiger partial charge on any atom is -0.790 e. The SMILES string of the molecule is NP(=O)([O-])OP(=O)([O-])OP(=O)([O-])[O-]. The van der Waals surface area contributed by atoms with Gasteiger partial charge in [0.05, 0.1) is 7.82 Å². The summed E-state index contributed by atoms with van der Waals surface area (Å²) in [6.07, 6.45) is 0. The molecule has 0 saturated carbocycles. The van der Waals surface area contributed by atoms with Crippen molar-refractivity contribution in [2.75, 3.05) is 0 Å². The molecule has 0 aromatic heterocycles. The van der Waals surface area contributed by atoms with Gasteiger partial charge in [-0.2, -0.15) is 0 Å². The quantitative estimate of drug-likeness (QED) is 0.497. The van der Waals surface area contributed by atoms with Gasteiger partial charge >= 0.3 is 0 Å². The Bertz CT molecular complexity index is 277. The van der Waals surface area contributed by atoms with Crippen molar-refractivity contribution >= 4 is 23.4 Å². The largest absolute Gasteiger partial charge is 0.790 e. The van der Waals surface area contributed by atoms with E-state index in [0.29, 0.717) is 0 Å². The molecule has 10 nitrogen and oxygen atoms in total. The molecule has 0 spiro atoms. The molecule has 0 bridgehead atoms. The van der Waals surface area contributed by atoms with Crippen LogP contribution in [0.25, 0.3) is 0 Å². The van der Waals surface area contributed by atoms with Crippen molar-refractivity contribution < 1.29 is 41.9 Å². The maximum atomic E-state index is 10.2. The molecule has 13 heteroatoms. The van der Waals surface area contributed by atoms with Crippen molar-refractivity contribution in [2.45, 2.75) is 0 Å². The summed E-state index contributed by atoms with van der Waals surface area (Å²) in [7, 11) is -16.9.